The summed E-state index contributed by atoms with van der Waals surface area (Å²) < 4.78 is 0. The molecule has 0 bridgehead atoms. The summed E-state index contributed by atoms with van der Waals surface area (Å²) in [5, 5.41) is 10.8. The standard InChI is InChI=1S/C17H18N2O2/c20-16(14-5-4-10-18-13-14)19-11-8-17(21,9-12-19)15-6-2-1-3-7-15/h1-7,10,13,21H,8-9,11-12H2. The van der Waals surface area contributed by atoms with Gasteiger partial charge in [0, 0.05) is 25.5 Å². The molecule has 1 aliphatic rings. The quantitative estimate of drug-likeness (QED) is 0.918. The largest absolute Gasteiger partial charge is 0.385 e. The van der Waals surface area contributed by atoms with E-state index in [1.54, 1.807) is 29.4 Å². The third-order valence-corrected chi connectivity index (χ3v) is 4.10. The molecule has 1 aliphatic heterocycles. The van der Waals surface area contributed by atoms with Gasteiger partial charge in [-0.1, -0.05) is 30.3 Å². The fourth-order valence-corrected chi connectivity index (χ4v) is 2.79. The molecule has 1 saturated heterocycles. The van der Waals surface area contributed by atoms with Crippen LogP contribution in [0.4, 0.5) is 0 Å². The zero-order valence-corrected chi connectivity index (χ0v) is 11.8. The van der Waals surface area contributed by atoms with Crippen molar-refractivity contribution in [3.63, 3.8) is 0 Å². The van der Waals surface area contributed by atoms with Gasteiger partial charge in [-0.3, -0.25) is 9.78 Å². The molecular formula is C17H18N2O2. The molecule has 1 aromatic heterocycles. The number of piperidine rings is 1. The topological polar surface area (TPSA) is 53.4 Å². The minimum absolute atomic E-state index is 0.0155. The Morgan fingerprint density at radius 2 is 1.81 bits per heavy atom. The van der Waals surface area contributed by atoms with Crippen LogP contribution in [-0.2, 0) is 5.60 Å². The molecule has 0 aliphatic carbocycles. The summed E-state index contributed by atoms with van der Waals surface area (Å²) in [5.41, 5.74) is 0.702. The average Bonchev–Trinajstić information content (AvgIpc) is 2.57. The van der Waals surface area contributed by atoms with Gasteiger partial charge in [-0.25, -0.2) is 0 Å². The number of amides is 1. The van der Waals surface area contributed by atoms with Crippen LogP contribution in [0.2, 0.25) is 0 Å². The van der Waals surface area contributed by atoms with Crippen molar-refractivity contribution in [3.8, 4) is 0 Å². The van der Waals surface area contributed by atoms with Crippen LogP contribution in [0.25, 0.3) is 0 Å². The van der Waals surface area contributed by atoms with Gasteiger partial charge in [0.15, 0.2) is 0 Å². The van der Waals surface area contributed by atoms with E-state index >= 15 is 0 Å². The number of hydrogen-bond donors (Lipinski definition) is 1. The van der Waals surface area contributed by atoms with Crippen molar-refractivity contribution in [2.75, 3.05) is 13.1 Å². The second-order valence-corrected chi connectivity index (χ2v) is 5.43. The molecule has 0 radical (unpaired) electrons. The van der Waals surface area contributed by atoms with E-state index in [1.165, 1.54) is 0 Å². The van der Waals surface area contributed by atoms with Crippen LogP contribution in [0.15, 0.2) is 54.9 Å². The van der Waals surface area contributed by atoms with Crippen LogP contribution in [0.5, 0.6) is 0 Å². The van der Waals surface area contributed by atoms with Crippen LogP contribution >= 0.6 is 0 Å². The van der Waals surface area contributed by atoms with Gasteiger partial charge in [0.25, 0.3) is 5.91 Å². The maximum absolute atomic E-state index is 12.4. The molecule has 0 spiro atoms. The lowest BCUT2D eigenvalue weighted by atomic mass is 9.84. The summed E-state index contributed by atoms with van der Waals surface area (Å²) in [6.07, 6.45) is 4.35. The van der Waals surface area contributed by atoms with Gasteiger partial charge in [-0.05, 0) is 30.5 Å². The highest BCUT2D eigenvalue weighted by molar-refractivity contribution is 5.93. The Morgan fingerprint density at radius 3 is 2.43 bits per heavy atom. The van der Waals surface area contributed by atoms with Crippen molar-refractivity contribution < 1.29 is 9.90 Å². The number of rotatable bonds is 2. The minimum Gasteiger partial charge on any atom is -0.385 e. The third-order valence-electron chi connectivity index (χ3n) is 4.10. The molecule has 0 atom stereocenters. The Labute approximate surface area is 124 Å². The van der Waals surface area contributed by atoms with Gasteiger partial charge in [0.05, 0.1) is 11.2 Å². The van der Waals surface area contributed by atoms with Gasteiger partial charge in [-0.15, -0.1) is 0 Å². The van der Waals surface area contributed by atoms with E-state index in [2.05, 4.69) is 4.98 Å². The number of likely N-dealkylation sites (tertiary alicyclic amines) is 1. The lowest BCUT2D eigenvalue weighted by Crippen LogP contribution is -2.45. The van der Waals surface area contributed by atoms with E-state index in [0.717, 1.165) is 5.56 Å². The number of aromatic nitrogens is 1. The zero-order valence-electron chi connectivity index (χ0n) is 11.8. The van der Waals surface area contributed by atoms with Crippen molar-refractivity contribution in [3.05, 3.63) is 66.0 Å². The van der Waals surface area contributed by atoms with Crippen LogP contribution in [-0.4, -0.2) is 34.0 Å². The summed E-state index contributed by atoms with van der Waals surface area (Å²) in [7, 11) is 0. The smallest absolute Gasteiger partial charge is 0.255 e. The molecule has 2 aromatic rings. The van der Waals surface area contributed by atoms with E-state index in [9.17, 15) is 9.90 Å². The molecule has 1 aromatic carbocycles. The van der Waals surface area contributed by atoms with Crippen LogP contribution in [0, 0.1) is 0 Å². The third kappa shape index (κ3) is 2.81. The van der Waals surface area contributed by atoms with Gasteiger partial charge >= 0.3 is 0 Å². The summed E-state index contributed by atoms with van der Waals surface area (Å²) in [5.74, 6) is -0.0155. The molecule has 0 saturated carbocycles. The summed E-state index contributed by atoms with van der Waals surface area (Å²) >= 11 is 0. The molecule has 0 unspecified atom stereocenters. The lowest BCUT2D eigenvalue weighted by molar-refractivity contribution is -0.0211. The molecule has 1 fully saturated rings. The molecular weight excluding hydrogens is 264 g/mol. The highest BCUT2D eigenvalue weighted by Gasteiger charge is 2.35. The summed E-state index contributed by atoms with van der Waals surface area (Å²) in [4.78, 5) is 18.1. The first-order valence-electron chi connectivity index (χ1n) is 7.16. The number of nitrogens with zero attached hydrogens (tertiary/aromatic N) is 2. The van der Waals surface area contributed by atoms with Gasteiger partial charge in [0.2, 0.25) is 0 Å². The monoisotopic (exact) mass is 282 g/mol. The van der Waals surface area contributed by atoms with E-state index in [1.807, 2.05) is 30.3 Å². The fraction of sp³-hybridized carbons (Fsp3) is 0.294. The number of carbonyl (C=O) groups excluding carboxylic acids is 1. The number of pyridine rings is 1. The van der Waals surface area contributed by atoms with Crippen molar-refractivity contribution in [1.29, 1.82) is 0 Å². The van der Waals surface area contributed by atoms with E-state index in [0.29, 0.717) is 31.5 Å². The molecule has 2 heterocycles. The van der Waals surface area contributed by atoms with Crippen LogP contribution in [0.1, 0.15) is 28.8 Å². The number of hydrogen-bond acceptors (Lipinski definition) is 3. The first kappa shape index (κ1) is 13.8. The summed E-state index contributed by atoms with van der Waals surface area (Å²) in [6, 6.07) is 13.2. The van der Waals surface area contributed by atoms with Crippen molar-refractivity contribution in [1.82, 2.24) is 9.88 Å². The van der Waals surface area contributed by atoms with Gasteiger partial charge < -0.3 is 10.0 Å². The van der Waals surface area contributed by atoms with Crippen LogP contribution in [0.3, 0.4) is 0 Å². The van der Waals surface area contributed by atoms with Crippen molar-refractivity contribution in [2.24, 2.45) is 0 Å². The van der Waals surface area contributed by atoms with Crippen molar-refractivity contribution >= 4 is 5.91 Å². The predicted molar refractivity (Wildman–Crippen MR) is 79.7 cm³/mol. The van der Waals surface area contributed by atoms with Crippen molar-refractivity contribution in [2.45, 2.75) is 18.4 Å². The molecule has 108 valence electrons. The predicted octanol–water partition coefficient (Wildman–Crippen LogP) is 2.21. The van der Waals surface area contributed by atoms with Crippen LogP contribution < -0.4 is 0 Å². The molecule has 4 heteroatoms. The molecule has 1 N–H and O–H groups in total. The van der Waals surface area contributed by atoms with Gasteiger partial charge in [0.1, 0.15) is 0 Å². The molecule has 4 nitrogen and oxygen atoms in total. The Hall–Kier alpha value is -2.20. The Morgan fingerprint density at radius 1 is 1.10 bits per heavy atom. The first-order valence-corrected chi connectivity index (χ1v) is 7.16. The second-order valence-electron chi connectivity index (χ2n) is 5.43. The van der Waals surface area contributed by atoms with E-state index in [-0.39, 0.29) is 5.91 Å². The lowest BCUT2D eigenvalue weighted by Gasteiger charge is -2.38. The average molecular weight is 282 g/mol. The Balaban J connectivity index is 1.69. The maximum Gasteiger partial charge on any atom is 0.255 e. The first-order chi connectivity index (χ1) is 10.2. The highest BCUT2D eigenvalue weighted by atomic mass is 16.3. The normalized spacial score (nSPS) is 17.5. The second kappa shape index (κ2) is 5.66. The number of carbonyl (C=O) groups is 1. The minimum atomic E-state index is -0.826. The fourth-order valence-electron chi connectivity index (χ4n) is 2.79. The number of benzene rings is 1. The highest BCUT2D eigenvalue weighted by Crippen LogP contribution is 2.32. The number of aliphatic hydroxyl groups is 1. The Kier molecular flexibility index (Phi) is 3.71. The van der Waals surface area contributed by atoms with E-state index < -0.39 is 5.60 Å². The molecule has 3 rings (SSSR count). The maximum atomic E-state index is 12.4. The van der Waals surface area contributed by atoms with E-state index in [4.69, 9.17) is 0 Å². The van der Waals surface area contributed by atoms with Gasteiger partial charge in [-0.2, -0.15) is 0 Å². The zero-order chi connectivity index (χ0) is 14.7. The SMILES string of the molecule is O=C(c1cccnc1)N1CCC(O)(c2ccccc2)CC1. The Bertz CT molecular complexity index is 605. The molecule has 21 heavy (non-hydrogen) atoms. The summed E-state index contributed by atoms with van der Waals surface area (Å²) in [6.45, 7) is 1.11. The molecule has 1 amide bonds.